The Morgan fingerprint density at radius 3 is 2.82 bits per heavy atom. The number of ether oxygens (including phenoxy) is 3. The zero-order chi connectivity index (χ0) is 19.6. The summed E-state index contributed by atoms with van der Waals surface area (Å²) in [6.45, 7) is 3.70. The van der Waals surface area contributed by atoms with E-state index in [9.17, 15) is 0 Å². The Bertz CT molecular complexity index is 715. The summed E-state index contributed by atoms with van der Waals surface area (Å²) in [6.07, 6.45) is 17.1. The summed E-state index contributed by atoms with van der Waals surface area (Å²) in [4.78, 5) is 11.1. The van der Waals surface area contributed by atoms with Gasteiger partial charge in [0, 0.05) is 25.0 Å². The molecule has 0 radical (unpaired) electrons. The highest BCUT2D eigenvalue weighted by Crippen LogP contribution is 2.23. The zero-order valence-electron chi connectivity index (χ0n) is 17.0. The molecule has 1 aromatic heterocycles. The predicted molar refractivity (Wildman–Crippen MR) is 109 cm³/mol. The Morgan fingerprint density at radius 1 is 1.07 bits per heavy atom. The van der Waals surface area contributed by atoms with Crippen LogP contribution < -0.4 is 4.74 Å². The topological polar surface area (TPSA) is 56.7 Å². The second-order valence-corrected chi connectivity index (χ2v) is 7.22. The van der Waals surface area contributed by atoms with Gasteiger partial charge < -0.3 is 14.2 Å². The third-order valence-electron chi connectivity index (χ3n) is 5.29. The Labute approximate surface area is 167 Å². The SMILES string of the molecule is COC1=CCC=CC(OCCC2CCCN(Cc3nccnc3OC)CC2)=C1. The van der Waals surface area contributed by atoms with E-state index in [2.05, 4.69) is 27.0 Å². The predicted octanol–water partition coefficient (Wildman–Crippen LogP) is 3.87. The van der Waals surface area contributed by atoms with Gasteiger partial charge in [0.05, 0.1) is 20.8 Å². The molecule has 6 nitrogen and oxygen atoms in total. The number of methoxy groups -OCH3 is 2. The number of allylic oxidation sites excluding steroid dienone is 4. The monoisotopic (exact) mass is 385 g/mol. The van der Waals surface area contributed by atoms with E-state index < -0.39 is 0 Å². The normalized spacial score (nSPS) is 20.6. The molecule has 1 saturated heterocycles. The minimum Gasteiger partial charge on any atom is -0.497 e. The van der Waals surface area contributed by atoms with Crippen molar-refractivity contribution in [2.45, 2.75) is 38.6 Å². The van der Waals surface area contributed by atoms with Gasteiger partial charge >= 0.3 is 0 Å². The first-order valence-electron chi connectivity index (χ1n) is 10.1. The Hall–Kier alpha value is -2.34. The number of aromatic nitrogens is 2. The largest absolute Gasteiger partial charge is 0.497 e. The number of hydrogen-bond acceptors (Lipinski definition) is 6. The minimum atomic E-state index is 0.630. The van der Waals surface area contributed by atoms with Gasteiger partial charge in [-0.2, -0.15) is 0 Å². The summed E-state index contributed by atoms with van der Waals surface area (Å²) in [5.74, 6) is 3.08. The van der Waals surface area contributed by atoms with Crippen molar-refractivity contribution in [3.63, 3.8) is 0 Å². The van der Waals surface area contributed by atoms with E-state index >= 15 is 0 Å². The van der Waals surface area contributed by atoms with Crippen LogP contribution in [0.3, 0.4) is 0 Å². The first kappa shape index (κ1) is 20.4. The lowest BCUT2D eigenvalue weighted by molar-refractivity contribution is 0.191. The molecular formula is C22H31N3O3. The molecule has 6 heteroatoms. The molecule has 1 aliphatic carbocycles. The van der Waals surface area contributed by atoms with E-state index in [1.807, 2.05) is 12.2 Å². The summed E-state index contributed by atoms with van der Waals surface area (Å²) >= 11 is 0. The molecular weight excluding hydrogens is 354 g/mol. The maximum absolute atomic E-state index is 6.00. The molecule has 0 bridgehead atoms. The van der Waals surface area contributed by atoms with E-state index in [1.165, 1.54) is 19.3 Å². The second-order valence-electron chi connectivity index (χ2n) is 7.22. The van der Waals surface area contributed by atoms with Crippen molar-refractivity contribution in [1.82, 2.24) is 14.9 Å². The van der Waals surface area contributed by atoms with Gasteiger partial charge in [-0.25, -0.2) is 4.98 Å². The molecule has 1 fully saturated rings. The highest BCUT2D eigenvalue weighted by Gasteiger charge is 2.19. The standard InChI is InChI=1S/C22H31N3O3/c1-26-19-7-3-4-8-20(16-19)28-15-10-18-6-5-13-25(14-9-18)17-21-22(27-2)24-12-11-23-21/h4,7-8,11-12,16,18H,3,5-6,9-10,13-15,17H2,1-2H3. The third-order valence-corrected chi connectivity index (χ3v) is 5.29. The van der Waals surface area contributed by atoms with Gasteiger partial charge in [-0.1, -0.05) is 6.08 Å². The van der Waals surface area contributed by atoms with Gasteiger partial charge in [-0.3, -0.25) is 9.88 Å². The maximum Gasteiger partial charge on any atom is 0.236 e. The fourth-order valence-corrected chi connectivity index (χ4v) is 3.71. The average Bonchev–Trinajstić information content (AvgIpc) is 3.09. The second kappa shape index (κ2) is 10.9. The van der Waals surface area contributed by atoms with Crippen LogP contribution in [0.4, 0.5) is 0 Å². The molecule has 0 aromatic carbocycles. The van der Waals surface area contributed by atoms with Crippen molar-refractivity contribution >= 4 is 0 Å². The van der Waals surface area contributed by atoms with Crippen LogP contribution in [-0.4, -0.2) is 48.8 Å². The lowest BCUT2D eigenvalue weighted by atomic mass is 9.97. The highest BCUT2D eigenvalue weighted by atomic mass is 16.5. The number of likely N-dealkylation sites (tertiary alicyclic amines) is 1. The molecule has 2 heterocycles. The van der Waals surface area contributed by atoms with Crippen LogP contribution in [-0.2, 0) is 16.0 Å². The fourth-order valence-electron chi connectivity index (χ4n) is 3.71. The van der Waals surface area contributed by atoms with Crippen LogP contribution in [0.2, 0.25) is 0 Å². The van der Waals surface area contributed by atoms with Crippen LogP contribution >= 0.6 is 0 Å². The minimum absolute atomic E-state index is 0.630. The van der Waals surface area contributed by atoms with Gasteiger partial charge in [0.25, 0.3) is 0 Å². The molecule has 0 spiro atoms. The van der Waals surface area contributed by atoms with Crippen molar-refractivity contribution < 1.29 is 14.2 Å². The van der Waals surface area contributed by atoms with Crippen molar-refractivity contribution in [3.05, 3.63) is 53.9 Å². The Balaban J connectivity index is 1.44. The molecule has 3 rings (SSSR count). The lowest BCUT2D eigenvalue weighted by Crippen LogP contribution is -2.25. The van der Waals surface area contributed by atoms with Gasteiger partial charge in [-0.15, -0.1) is 0 Å². The molecule has 0 N–H and O–H groups in total. The zero-order valence-corrected chi connectivity index (χ0v) is 17.0. The fraction of sp³-hybridized carbons (Fsp3) is 0.545. The molecule has 0 saturated carbocycles. The molecule has 28 heavy (non-hydrogen) atoms. The highest BCUT2D eigenvalue weighted by molar-refractivity contribution is 5.26. The van der Waals surface area contributed by atoms with E-state index in [-0.39, 0.29) is 0 Å². The van der Waals surface area contributed by atoms with Gasteiger partial charge in [0.1, 0.15) is 17.2 Å². The van der Waals surface area contributed by atoms with E-state index in [1.54, 1.807) is 26.6 Å². The molecule has 2 aliphatic rings. The lowest BCUT2D eigenvalue weighted by Gasteiger charge is -2.20. The van der Waals surface area contributed by atoms with Crippen LogP contribution in [0.1, 0.15) is 37.8 Å². The van der Waals surface area contributed by atoms with Crippen LogP contribution in [0.25, 0.3) is 0 Å². The molecule has 1 aromatic rings. The van der Waals surface area contributed by atoms with Crippen molar-refractivity contribution in [1.29, 1.82) is 0 Å². The summed E-state index contributed by atoms with van der Waals surface area (Å²) < 4.78 is 16.7. The van der Waals surface area contributed by atoms with Crippen LogP contribution in [0, 0.1) is 5.92 Å². The quantitative estimate of drug-likeness (QED) is 0.677. The smallest absolute Gasteiger partial charge is 0.236 e. The summed E-state index contributed by atoms with van der Waals surface area (Å²) in [5, 5.41) is 0. The van der Waals surface area contributed by atoms with Crippen LogP contribution in [0.15, 0.2) is 48.2 Å². The summed E-state index contributed by atoms with van der Waals surface area (Å²) in [5.41, 5.74) is 0.917. The molecule has 152 valence electrons. The average molecular weight is 386 g/mol. The molecule has 1 unspecified atom stereocenters. The van der Waals surface area contributed by atoms with Gasteiger partial charge in [0.2, 0.25) is 5.88 Å². The van der Waals surface area contributed by atoms with E-state index in [0.717, 1.165) is 56.3 Å². The van der Waals surface area contributed by atoms with E-state index in [4.69, 9.17) is 14.2 Å². The van der Waals surface area contributed by atoms with Crippen molar-refractivity contribution in [2.75, 3.05) is 33.9 Å². The molecule has 0 amide bonds. The Morgan fingerprint density at radius 2 is 1.96 bits per heavy atom. The van der Waals surface area contributed by atoms with Crippen molar-refractivity contribution in [3.8, 4) is 5.88 Å². The van der Waals surface area contributed by atoms with Crippen molar-refractivity contribution in [2.24, 2.45) is 5.92 Å². The van der Waals surface area contributed by atoms with Gasteiger partial charge in [0.15, 0.2) is 0 Å². The first-order chi connectivity index (χ1) is 13.8. The molecule has 1 aliphatic heterocycles. The van der Waals surface area contributed by atoms with Gasteiger partial charge in [-0.05, 0) is 63.3 Å². The summed E-state index contributed by atoms with van der Waals surface area (Å²) in [7, 11) is 3.34. The first-order valence-corrected chi connectivity index (χ1v) is 10.1. The third kappa shape index (κ3) is 6.09. The summed E-state index contributed by atoms with van der Waals surface area (Å²) in [6, 6.07) is 0. The maximum atomic E-state index is 6.00. The number of hydrogen-bond donors (Lipinski definition) is 0. The Kier molecular flexibility index (Phi) is 7.91. The number of rotatable bonds is 8. The molecule has 1 atom stereocenters. The number of nitrogens with zero attached hydrogens (tertiary/aromatic N) is 3. The van der Waals surface area contributed by atoms with E-state index in [0.29, 0.717) is 11.8 Å². The van der Waals surface area contributed by atoms with Crippen LogP contribution in [0.5, 0.6) is 5.88 Å².